The van der Waals surface area contributed by atoms with E-state index in [-0.39, 0.29) is 28.9 Å². The van der Waals surface area contributed by atoms with Crippen molar-refractivity contribution in [3.8, 4) is 28.7 Å². The van der Waals surface area contributed by atoms with Gasteiger partial charge in [-0.2, -0.15) is 5.26 Å². The molecule has 1 aromatic carbocycles. The van der Waals surface area contributed by atoms with Crippen molar-refractivity contribution >= 4 is 5.95 Å². The number of hydrogen-bond donors (Lipinski definition) is 1. The van der Waals surface area contributed by atoms with Crippen molar-refractivity contribution in [2.45, 2.75) is 19.6 Å². The third-order valence-electron chi connectivity index (χ3n) is 4.86. The van der Waals surface area contributed by atoms with Crippen LogP contribution in [0.15, 0.2) is 48.7 Å². The van der Waals surface area contributed by atoms with E-state index in [1.165, 1.54) is 12.1 Å². The zero-order valence-electron chi connectivity index (χ0n) is 17.4. The summed E-state index contributed by atoms with van der Waals surface area (Å²) in [5, 5.41) is 17.4. The predicted octanol–water partition coefficient (Wildman–Crippen LogP) is 3.15. The van der Waals surface area contributed by atoms with E-state index in [1.807, 2.05) is 31.2 Å². The van der Waals surface area contributed by atoms with Gasteiger partial charge in [-0.1, -0.05) is 17.3 Å². The topological polar surface area (TPSA) is 128 Å². The van der Waals surface area contributed by atoms with Crippen LogP contribution in [-0.4, -0.2) is 37.1 Å². The van der Waals surface area contributed by atoms with Crippen LogP contribution in [0.1, 0.15) is 30.0 Å². The summed E-state index contributed by atoms with van der Waals surface area (Å²) in [5.74, 6) is -0.712. The molecular weight excluding hydrogens is 411 g/mol. The van der Waals surface area contributed by atoms with E-state index in [0.29, 0.717) is 17.9 Å². The van der Waals surface area contributed by atoms with E-state index in [4.69, 9.17) is 15.7 Å². The van der Waals surface area contributed by atoms with Gasteiger partial charge in [0.15, 0.2) is 0 Å². The molecule has 10 heteroatoms. The van der Waals surface area contributed by atoms with Crippen molar-refractivity contribution in [1.82, 2.24) is 29.9 Å². The van der Waals surface area contributed by atoms with Crippen LogP contribution in [0.5, 0.6) is 0 Å². The highest BCUT2D eigenvalue weighted by Crippen LogP contribution is 2.27. The lowest BCUT2D eigenvalue weighted by Gasteiger charge is -2.10. The molecular formula is C22H19FN8O. The first-order valence-corrected chi connectivity index (χ1v) is 9.71. The minimum Gasteiger partial charge on any atom is -0.375 e. The lowest BCUT2D eigenvalue weighted by atomic mass is 10.1. The van der Waals surface area contributed by atoms with Gasteiger partial charge in [-0.05, 0) is 37.3 Å². The minimum absolute atomic E-state index is 0.0447. The van der Waals surface area contributed by atoms with Gasteiger partial charge in [0.1, 0.15) is 17.6 Å². The largest absolute Gasteiger partial charge is 0.375 e. The Morgan fingerprint density at radius 1 is 1.12 bits per heavy atom. The first-order chi connectivity index (χ1) is 15.5. The highest BCUT2D eigenvalue weighted by Gasteiger charge is 2.15. The number of aromatic nitrogens is 6. The second-order valence-electron chi connectivity index (χ2n) is 7.01. The number of nitrogens with two attached hydrogens (primary N) is 1. The Kier molecular flexibility index (Phi) is 5.83. The Labute approximate surface area is 183 Å². The molecule has 0 aliphatic rings. The monoisotopic (exact) mass is 430 g/mol. The van der Waals surface area contributed by atoms with Crippen LogP contribution in [0.4, 0.5) is 10.3 Å². The van der Waals surface area contributed by atoms with Crippen molar-refractivity contribution < 1.29 is 9.13 Å². The van der Waals surface area contributed by atoms with E-state index in [2.05, 4.69) is 25.3 Å². The molecule has 0 saturated heterocycles. The number of hydrogen-bond acceptors (Lipinski definition) is 8. The molecule has 0 aliphatic carbocycles. The lowest BCUT2D eigenvalue weighted by Crippen LogP contribution is -2.06. The number of methoxy groups -OCH3 is 1. The average molecular weight is 430 g/mol. The van der Waals surface area contributed by atoms with Crippen LogP contribution < -0.4 is 5.73 Å². The van der Waals surface area contributed by atoms with Gasteiger partial charge in [0.05, 0.1) is 47.2 Å². The molecule has 0 fully saturated rings. The molecule has 0 saturated carbocycles. The van der Waals surface area contributed by atoms with Gasteiger partial charge in [0.2, 0.25) is 5.95 Å². The summed E-state index contributed by atoms with van der Waals surface area (Å²) in [5.41, 5.74) is 8.62. The maximum absolute atomic E-state index is 14.6. The SMILES string of the molecule is COC(C)c1cccc(Cn2cc(-c3cc(-c4cccc(C#N)c4F)nc(N)n3)nn2)n1. The molecule has 0 amide bonds. The molecule has 0 radical (unpaired) electrons. The van der Waals surface area contributed by atoms with Crippen molar-refractivity contribution in [3.63, 3.8) is 0 Å². The third-order valence-corrected chi connectivity index (χ3v) is 4.86. The van der Waals surface area contributed by atoms with Gasteiger partial charge in [-0.15, -0.1) is 5.10 Å². The Morgan fingerprint density at radius 2 is 1.91 bits per heavy atom. The Morgan fingerprint density at radius 3 is 2.69 bits per heavy atom. The molecule has 4 rings (SSSR count). The number of ether oxygens (including phenoxy) is 1. The highest BCUT2D eigenvalue weighted by atomic mass is 19.1. The fourth-order valence-corrected chi connectivity index (χ4v) is 3.14. The number of anilines is 1. The number of benzene rings is 1. The average Bonchev–Trinajstić information content (AvgIpc) is 3.27. The van der Waals surface area contributed by atoms with Crippen LogP contribution in [0, 0.1) is 17.1 Å². The molecule has 3 heterocycles. The van der Waals surface area contributed by atoms with E-state index in [9.17, 15) is 4.39 Å². The molecule has 1 atom stereocenters. The molecule has 0 aliphatic heterocycles. The zero-order chi connectivity index (χ0) is 22.7. The summed E-state index contributed by atoms with van der Waals surface area (Å²) in [6.45, 7) is 2.31. The van der Waals surface area contributed by atoms with Crippen LogP contribution in [0.25, 0.3) is 22.6 Å². The lowest BCUT2D eigenvalue weighted by molar-refractivity contribution is 0.116. The van der Waals surface area contributed by atoms with Gasteiger partial charge < -0.3 is 10.5 Å². The molecule has 160 valence electrons. The summed E-state index contributed by atoms with van der Waals surface area (Å²) in [7, 11) is 1.63. The van der Waals surface area contributed by atoms with E-state index < -0.39 is 5.82 Å². The number of rotatable bonds is 6. The molecule has 3 aromatic heterocycles. The maximum Gasteiger partial charge on any atom is 0.221 e. The quantitative estimate of drug-likeness (QED) is 0.494. The molecule has 2 N–H and O–H groups in total. The van der Waals surface area contributed by atoms with Gasteiger partial charge >= 0.3 is 0 Å². The van der Waals surface area contributed by atoms with E-state index in [0.717, 1.165) is 11.4 Å². The number of pyridine rings is 1. The molecule has 0 spiro atoms. The standard InChI is InChI=1S/C22H19FN8O/c1-13(32-2)17-8-4-6-15(26-17)11-31-12-20(29-30-31)19-9-18(27-22(25)28-19)16-7-3-5-14(10-24)21(16)23/h3-9,12-13H,11H2,1-2H3,(H2,25,27,28). The third kappa shape index (κ3) is 4.28. The maximum atomic E-state index is 14.6. The summed E-state index contributed by atoms with van der Waals surface area (Å²) in [6, 6.07) is 13.6. The van der Waals surface area contributed by atoms with Crippen molar-refractivity contribution in [3.05, 3.63) is 71.4 Å². The highest BCUT2D eigenvalue weighted by molar-refractivity contribution is 5.68. The molecule has 9 nitrogen and oxygen atoms in total. The second-order valence-corrected chi connectivity index (χ2v) is 7.01. The zero-order valence-corrected chi connectivity index (χ0v) is 17.4. The fraction of sp³-hybridized carbons (Fsp3) is 0.182. The predicted molar refractivity (Wildman–Crippen MR) is 114 cm³/mol. The van der Waals surface area contributed by atoms with Gasteiger partial charge in [-0.25, -0.2) is 19.0 Å². The summed E-state index contributed by atoms with van der Waals surface area (Å²) < 4.78 is 21.6. The minimum atomic E-state index is -0.668. The second kappa shape index (κ2) is 8.87. The number of nitrogens with zero attached hydrogens (tertiary/aromatic N) is 7. The molecule has 32 heavy (non-hydrogen) atoms. The fourth-order valence-electron chi connectivity index (χ4n) is 3.14. The first-order valence-electron chi connectivity index (χ1n) is 9.71. The van der Waals surface area contributed by atoms with Gasteiger partial charge in [-0.3, -0.25) is 4.98 Å². The van der Waals surface area contributed by atoms with Crippen LogP contribution in [0.3, 0.4) is 0 Å². The normalized spacial score (nSPS) is 11.8. The number of nitrogen functional groups attached to an aromatic ring is 1. The smallest absolute Gasteiger partial charge is 0.221 e. The summed E-state index contributed by atoms with van der Waals surface area (Å²) >= 11 is 0. The Balaban J connectivity index is 1.64. The van der Waals surface area contributed by atoms with Crippen molar-refractivity contribution in [1.29, 1.82) is 5.26 Å². The van der Waals surface area contributed by atoms with Gasteiger partial charge in [0.25, 0.3) is 0 Å². The summed E-state index contributed by atoms with van der Waals surface area (Å²) in [4.78, 5) is 12.9. The summed E-state index contributed by atoms with van der Waals surface area (Å²) in [6.07, 6.45) is 1.57. The van der Waals surface area contributed by atoms with Crippen LogP contribution >= 0.6 is 0 Å². The molecule has 1 unspecified atom stereocenters. The van der Waals surface area contributed by atoms with Crippen molar-refractivity contribution in [2.24, 2.45) is 0 Å². The van der Waals surface area contributed by atoms with E-state index >= 15 is 0 Å². The number of nitriles is 1. The molecule has 0 bridgehead atoms. The number of halogens is 1. The van der Waals surface area contributed by atoms with Crippen LogP contribution in [0.2, 0.25) is 0 Å². The van der Waals surface area contributed by atoms with Crippen molar-refractivity contribution in [2.75, 3.05) is 12.8 Å². The molecule has 4 aromatic rings. The Hall–Kier alpha value is -4.23. The first kappa shape index (κ1) is 21.0. The Bertz CT molecular complexity index is 1310. The van der Waals surface area contributed by atoms with Crippen LogP contribution in [-0.2, 0) is 11.3 Å². The van der Waals surface area contributed by atoms with Gasteiger partial charge in [0, 0.05) is 12.7 Å². The van der Waals surface area contributed by atoms with E-state index in [1.54, 1.807) is 30.1 Å².